The minimum absolute atomic E-state index is 0. The predicted molar refractivity (Wildman–Crippen MR) is 60.9 cm³/mol. The molecule has 0 aliphatic heterocycles. The molecule has 0 aromatic rings. The van der Waals surface area contributed by atoms with Crippen LogP contribution < -0.4 is 24.8 Å². The van der Waals surface area contributed by atoms with Gasteiger partial charge in [0.2, 0.25) is 0 Å². The van der Waals surface area contributed by atoms with Gasteiger partial charge in [-0.05, 0) is 0 Å². The summed E-state index contributed by atoms with van der Waals surface area (Å²) in [7, 11) is 13.3. The van der Waals surface area contributed by atoms with E-state index in [1.54, 1.807) is 42.3 Å². The van der Waals surface area contributed by atoms with Gasteiger partial charge in [0, 0.05) is 0 Å². The molecule has 0 aromatic heterocycles. The van der Waals surface area contributed by atoms with E-state index in [2.05, 4.69) is 9.47 Å². The molecule has 0 atom stereocenters. The smallest absolute Gasteiger partial charge is 0.515 e. The monoisotopic (exact) mass is 306 g/mol. The molecule has 0 N–H and O–H groups in total. The van der Waals surface area contributed by atoms with Crippen molar-refractivity contribution in [3.8, 4) is 0 Å². The van der Waals surface area contributed by atoms with Crippen LogP contribution in [0.25, 0.3) is 0 Å². The maximum Gasteiger partial charge on any atom is 0.515 e. The molecule has 2 amide bonds. The van der Waals surface area contributed by atoms with Crippen molar-refractivity contribution in [3.05, 3.63) is 0 Å². The summed E-state index contributed by atoms with van der Waals surface area (Å²) in [5.74, 6) is 0. The highest BCUT2D eigenvalue weighted by Crippen LogP contribution is 1.93. The van der Waals surface area contributed by atoms with Crippen LogP contribution in [0.5, 0.6) is 0 Å². The van der Waals surface area contributed by atoms with Crippen molar-refractivity contribution in [2.45, 2.75) is 0 Å². The second-order valence-corrected chi connectivity index (χ2v) is 4.96. The highest BCUT2D eigenvalue weighted by atomic mass is 35.5. The third-order valence-electron chi connectivity index (χ3n) is 1.44. The first-order valence-corrected chi connectivity index (χ1v) is 4.76. The molecule has 0 heterocycles. The van der Waals surface area contributed by atoms with Gasteiger partial charge >= 0.3 is 12.2 Å². The number of rotatable bonds is 0. The van der Waals surface area contributed by atoms with Crippen LogP contribution in [0, 0.1) is 0 Å². The van der Waals surface area contributed by atoms with E-state index in [1.165, 1.54) is 14.2 Å². The number of carbonyl (C=O) groups is 2. The third-order valence-corrected chi connectivity index (χ3v) is 1.44. The van der Waals surface area contributed by atoms with E-state index in [0.717, 1.165) is 0 Å². The zero-order valence-corrected chi connectivity index (χ0v) is 13.8. The van der Waals surface area contributed by atoms with Crippen molar-refractivity contribution in [3.63, 3.8) is 0 Å². The Morgan fingerprint density at radius 1 is 0.667 bits per heavy atom. The third kappa shape index (κ3) is 13.5. The van der Waals surface area contributed by atoms with Gasteiger partial charge < -0.3 is 34.3 Å². The first-order chi connectivity index (χ1) is 6.96. The second-order valence-electron chi connectivity index (χ2n) is 4.96. The van der Waals surface area contributed by atoms with Crippen LogP contribution in [0.2, 0.25) is 0 Å². The summed E-state index contributed by atoms with van der Waals surface area (Å²) >= 11 is 0. The number of carbonyl (C=O) groups excluding carboxylic acids is 2. The van der Waals surface area contributed by atoms with Gasteiger partial charge in [-0.2, -0.15) is 9.59 Å². The zero-order valence-electron chi connectivity index (χ0n) is 12.3. The highest BCUT2D eigenvalue weighted by molar-refractivity contribution is 5.58. The average Bonchev–Trinajstić information content (AvgIpc) is 2.13. The minimum Gasteiger partial charge on any atom is -1.00 e. The van der Waals surface area contributed by atoms with Gasteiger partial charge in [0.05, 0.1) is 56.5 Å². The van der Waals surface area contributed by atoms with Gasteiger partial charge in [-0.25, -0.2) is 8.97 Å². The Hall–Kier alpha value is -0.560. The molecule has 0 aliphatic carbocycles. The zero-order chi connectivity index (χ0) is 13.6. The summed E-state index contributed by atoms with van der Waals surface area (Å²) in [6, 6.07) is 0. The topological polar surface area (TPSA) is 52.6 Å². The van der Waals surface area contributed by atoms with E-state index >= 15 is 0 Å². The Morgan fingerprint density at radius 3 is 0.833 bits per heavy atom. The van der Waals surface area contributed by atoms with Gasteiger partial charge in [0.15, 0.2) is 0 Å². The van der Waals surface area contributed by atoms with Crippen LogP contribution in [0.3, 0.4) is 0 Å². The molecule has 0 spiro atoms. The Labute approximate surface area is 122 Å². The minimum atomic E-state index is -0.231. The number of ether oxygens (including phenoxy) is 2. The largest absolute Gasteiger partial charge is 1.00 e. The molecule has 0 radical (unpaired) electrons. The molecular formula is C10H24Cl2N2O4. The summed E-state index contributed by atoms with van der Waals surface area (Å²) in [6.45, 7) is 0. The lowest BCUT2D eigenvalue weighted by molar-refractivity contribution is -0.795. The normalized spacial score (nSPS) is 9.78. The SMILES string of the molecule is COC(=O)[N+](C)(C)C.COC(=O)[N+](C)(C)C.[Cl-].[Cl-]. The van der Waals surface area contributed by atoms with Crippen LogP contribution in [0.1, 0.15) is 0 Å². The number of halogens is 2. The summed E-state index contributed by atoms with van der Waals surface area (Å²) < 4.78 is 9.33. The van der Waals surface area contributed by atoms with E-state index < -0.39 is 0 Å². The molecule has 6 nitrogen and oxygen atoms in total. The molecular weight excluding hydrogens is 283 g/mol. The quantitative estimate of drug-likeness (QED) is 0.420. The van der Waals surface area contributed by atoms with Crippen molar-refractivity contribution in [2.24, 2.45) is 0 Å². The molecule has 0 aliphatic rings. The molecule has 112 valence electrons. The Balaban J connectivity index is -0.0000000980. The summed E-state index contributed by atoms with van der Waals surface area (Å²) in [4.78, 5) is 21.2. The lowest BCUT2D eigenvalue weighted by atomic mass is 10.7. The maximum atomic E-state index is 10.6. The first-order valence-electron chi connectivity index (χ1n) is 4.76. The van der Waals surface area contributed by atoms with E-state index in [-0.39, 0.29) is 46.0 Å². The van der Waals surface area contributed by atoms with Crippen LogP contribution in [-0.2, 0) is 9.47 Å². The van der Waals surface area contributed by atoms with E-state index in [4.69, 9.17) is 0 Å². The number of nitrogens with zero attached hydrogens (tertiary/aromatic N) is 2. The van der Waals surface area contributed by atoms with Gasteiger partial charge in [0.25, 0.3) is 0 Å². The van der Waals surface area contributed by atoms with Crippen LogP contribution >= 0.6 is 0 Å². The molecule has 18 heavy (non-hydrogen) atoms. The van der Waals surface area contributed by atoms with Crippen LogP contribution in [-0.4, -0.2) is 77.7 Å². The van der Waals surface area contributed by atoms with E-state index in [0.29, 0.717) is 0 Å². The number of methoxy groups -OCH3 is 2. The van der Waals surface area contributed by atoms with Gasteiger partial charge in [0.1, 0.15) is 0 Å². The van der Waals surface area contributed by atoms with Crippen molar-refractivity contribution < 1.29 is 52.8 Å². The van der Waals surface area contributed by atoms with Crippen molar-refractivity contribution in [1.29, 1.82) is 0 Å². The van der Waals surface area contributed by atoms with Gasteiger partial charge in [-0.1, -0.05) is 0 Å². The molecule has 0 saturated heterocycles. The van der Waals surface area contributed by atoms with Gasteiger partial charge in [-0.15, -0.1) is 0 Å². The number of amides is 2. The fourth-order valence-electron chi connectivity index (χ4n) is 0.548. The first kappa shape index (κ1) is 26.1. The molecule has 0 bridgehead atoms. The molecule has 0 fully saturated rings. The van der Waals surface area contributed by atoms with Crippen molar-refractivity contribution in [2.75, 3.05) is 56.5 Å². The second kappa shape index (κ2) is 10.4. The standard InChI is InChI=1S/2C5H12NO2.2ClH/c2*1-6(2,3)5(7)8-4;;/h2*1-4H3;2*1H/q2*+1;;/p-2. The fourth-order valence-corrected chi connectivity index (χ4v) is 0.548. The Morgan fingerprint density at radius 2 is 0.833 bits per heavy atom. The van der Waals surface area contributed by atoms with E-state index in [9.17, 15) is 9.59 Å². The van der Waals surface area contributed by atoms with E-state index in [1.807, 2.05) is 0 Å². The van der Waals surface area contributed by atoms with Crippen LogP contribution in [0.4, 0.5) is 9.59 Å². The van der Waals surface area contributed by atoms with Crippen molar-refractivity contribution in [1.82, 2.24) is 0 Å². The number of hydrogen-bond donors (Lipinski definition) is 0. The number of quaternary nitrogens is 2. The Bertz CT molecular complexity index is 221. The summed E-state index contributed by atoms with van der Waals surface area (Å²) in [5.41, 5.74) is 0. The molecule has 8 heteroatoms. The summed E-state index contributed by atoms with van der Waals surface area (Å²) in [5, 5.41) is 0. The molecule has 0 saturated carbocycles. The molecule has 0 rings (SSSR count). The van der Waals surface area contributed by atoms with Crippen molar-refractivity contribution >= 4 is 12.2 Å². The lowest BCUT2D eigenvalue weighted by Gasteiger charge is -2.17. The lowest BCUT2D eigenvalue weighted by Crippen LogP contribution is -3.00. The summed E-state index contributed by atoms with van der Waals surface area (Å²) in [6.07, 6.45) is -0.463. The molecule has 0 unspecified atom stereocenters. The molecule has 0 aromatic carbocycles. The number of hydrogen-bond acceptors (Lipinski definition) is 4. The fraction of sp³-hybridized carbons (Fsp3) is 0.800. The predicted octanol–water partition coefficient (Wildman–Crippen LogP) is -5.07. The average molecular weight is 307 g/mol. The maximum absolute atomic E-state index is 10.6. The Kier molecular flexibility index (Phi) is 15.0. The van der Waals surface area contributed by atoms with Crippen LogP contribution in [0.15, 0.2) is 0 Å². The van der Waals surface area contributed by atoms with Gasteiger partial charge in [-0.3, -0.25) is 0 Å². The highest BCUT2D eigenvalue weighted by Gasteiger charge is 2.20.